The summed E-state index contributed by atoms with van der Waals surface area (Å²) in [4.78, 5) is 25.5. The molecular weight excluding hydrogens is 507 g/mol. The molecule has 2 aromatic rings. The zero-order chi connectivity index (χ0) is 21.0. The molecule has 3 rings (SSSR count). The molecule has 10 heteroatoms. The van der Waals surface area contributed by atoms with Gasteiger partial charge >= 0.3 is 0 Å². The summed E-state index contributed by atoms with van der Waals surface area (Å²) >= 11 is 7.49. The number of hydrogen-bond donors (Lipinski definition) is 2. The summed E-state index contributed by atoms with van der Waals surface area (Å²) in [5.41, 5.74) is 2.43. The fourth-order valence-electron chi connectivity index (χ4n) is 2.99. The van der Waals surface area contributed by atoms with E-state index in [9.17, 15) is 14.9 Å². The molecule has 1 heterocycles. The van der Waals surface area contributed by atoms with Crippen molar-refractivity contribution in [2.45, 2.75) is 6.92 Å². The van der Waals surface area contributed by atoms with Crippen molar-refractivity contribution in [3.63, 3.8) is 0 Å². The summed E-state index contributed by atoms with van der Waals surface area (Å²) in [5, 5.41) is 17.0. The first-order chi connectivity index (χ1) is 13.8. The van der Waals surface area contributed by atoms with Crippen LogP contribution in [0.5, 0.6) is 0 Å². The number of ether oxygens (including phenoxy) is 1. The van der Waals surface area contributed by atoms with E-state index in [0.29, 0.717) is 32.0 Å². The molecule has 0 bridgehead atoms. The van der Waals surface area contributed by atoms with Gasteiger partial charge in [0.25, 0.3) is 11.6 Å². The molecule has 1 fully saturated rings. The Hall–Kier alpha value is -2.31. The van der Waals surface area contributed by atoms with Crippen LogP contribution in [-0.4, -0.2) is 42.2 Å². The van der Waals surface area contributed by atoms with Crippen molar-refractivity contribution in [3.05, 3.63) is 61.2 Å². The van der Waals surface area contributed by atoms with Gasteiger partial charge in [0.05, 0.1) is 29.4 Å². The Morgan fingerprint density at radius 3 is 2.62 bits per heavy atom. The fourth-order valence-corrected chi connectivity index (χ4v) is 3.84. The molecule has 1 amide bonds. The topological polar surface area (TPSA) is 96.7 Å². The molecule has 152 valence electrons. The highest BCUT2D eigenvalue weighted by Crippen LogP contribution is 2.26. The Bertz CT molecular complexity index is 963. The maximum absolute atomic E-state index is 12.9. The van der Waals surface area contributed by atoms with Crippen molar-refractivity contribution in [2.75, 3.05) is 36.5 Å². The van der Waals surface area contributed by atoms with Gasteiger partial charge < -0.3 is 15.0 Å². The molecule has 8 nitrogen and oxygen atoms in total. The number of hydrogen-bond acceptors (Lipinski definition) is 6. The van der Waals surface area contributed by atoms with Gasteiger partial charge in [0.1, 0.15) is 0 Å². The number of halogens is 1. The van der Waals surface area contributed by atoms with Crippen LogP contribution in [0.1, 0.15) is 15.9 Å². The lowest BCUT2D eigenvalue weighted by Gasteiger charge is -2.30. The summed E-state index contributed by atoms with van der Waals surface area (Å²) in [7, 11) is 0. The molecule has 1 saturated heterocycles. The lowest BCUT2D eigenvalue weighted by molar-refractivity contribution is -0.384. The number of nitro benzene ring substituents is 1. The van der Waals surface area contributed by atoms with Gasteiger partial charge in [0.15, 0.2) is 5.11 Å². The number of anilines is 2. The number of thiocarbonyl (C=S) groups is 1. The van der Waals surface area contributed by atoms with Crippen molar-refractivity contribution in [3.8, 4) is 0 Å². The molecule has 0 aromatic heterocycles. The molecule has 29 heavy (non-hydrogen) atoms. The highest BCUT2D eigenvalue weighted by atomic mass is 127. The quantitative estimate of drug-likeness (QED) is 0.273. The molecule has 0 saturated carbocycles. The number of morpholine rings is 1. The molecule has 0 radical (unpaired) electrons. The SMILES string of the molecule is Cc1cc(I)ccc1NC(=S)NC(=O)c1cc([N+](=O)[O-])ccc1N1CCOCC1. The van der Waals surface area contributed by atoms with Crippen LogP contribution in [0, 0.1) is 20.6 Å². The highest BCUT2D eigenvalue weighted by molar-refractivity contribution is 14.1. The number of nitrogens with one attached hydrogen (secondary N) is 2. The minimum atomic E-state index is -0.522. The molecule has 0 atom stereocenters. The molecule has 2 aromatic carbocycles. The Kier molecular flexibility index (Phi) is 6.98. The number of aryl methyl sites for hydroxylation is 1. The van der Waals surface area contributed by atoms with Crippen LogP contribution in [0.2, 0.25) is 0 Å². The van der Waals surface area contributed by atoms with E-state index in [1.165, 1.54) is 12.1 Å². The van der Waals surface area contributed by atoms with Crippen LogP contribution in [0.25, 0.3) is 0 Å². The zero-order valence-electron chi connectivity index (χ0n) is 15.6. The summed E-state index contributed by atoms with van der Waals surface area (Å²) in [5.74, 6) is -0.504. The van der Waals surface area contributed by atoms with Crippen LogP contribution in [0.15, 0.2) is 36.4 Å². The van der Waals surface area contributed by atoms with Crippen molar-refractivity contribution < 1.29 is 14.5 Å². The lowest BCUT2D eigenvalue weighted by Crippen LogP contribution is -2.39. The first kappa shape index (κ1) is 21.4. The molecule has 2 N–H and O–H groups in total. The van der Waals surface area contributed by atoms with Gasteiger partial charge in [-0.3, -0.25) is 20.2 Å². The number of nitrogens with zero attached hydrogens (tertiary/aromatic N) is 2. The predicted octanol–water partition coefficient (Wildman–Crippen LogP) is 3.47. The van der Waals surface area contributed by atoms with Crippen molar-refractivity contribution in [1.82, 2.24) is 5.32 Å². The number of amides is 1. The van der Waals surface area contributed by atoms with Gasteiger partial charge in [-0.25, -0.2) is 0 Å². The van der Waals surface area contributed by atoms with E-state index in [-0.39, 0.29) is 16.4 Å². The third-order valence-corrected chi connectivity index (χ3v) is 5.33. The number of nitro groups is 1. The van der Waals surface area contributed by atoms with Gasteiger partial charge in [-0.15, -0.1) is 0 Å². The number of benzene rings is 2. The zero-order valence-corrected chi connectivity index (χ0v) is 18.6. The Morgan fingerprint density at radius 1 is 1.24 bits per heavy atom. The predicted molar refractivity (Wildman–Crippen MR) is 124 cm³/mol. The molecule has 0 spiro atoms. The van der Waals surface area contributed by atoms with Crippen LogP contribution in [0.4, 0.5) is 17.1 Å². The van der Waals surface area contributed by atoms with Gasteiger partial charge in [-0.1, -0.05) is 0 Å². The third kappa shape index (κ3) is 5.40. The first-order valence-corrected chi connectivity index (χ1v) is 10.3. The normalized spacial score (nSPS) is 13.7. The van der Waals surface area contributed by atoms with E-state index in [1.807, 2.05) is 30.0 Å². The van der Waals surface area contributed by atoms with Crippen molar-refractivity contribution in [1.29, 1.82) is 0 Å². The number of carbonyl (C=O) groups excluding carboxylic acids is 1. The third-order valence-electron chi connectivity index (χ3n) is 4.45. The average molecular weight is 526 g/mol. The monoisotopic (exact) mass is 526 g/mol. The van der Waals surface area contributed by atoms with E-state index in [4.69, 9.17) is 17.0 Å². The average Bonchev–Trinajstić information content (AvgIpc) is 2.70. The van der Waals surface area contributed by atoms with Crippen LogP contribution in [0.3, 0.4) is 0 Å². The second-order valence-corrected chi connectivity index (χ2v) is 8.08. The standard InChI is InChI=1S/C19H19IN4O4S/c1-12-10-13(20)2-4-16(12)21-19(29)22-18(25)15-11-14(24(26)27)3-5-17(15)23-6-8-28-9-7-23/h2-5,10-11H,6-9H2,1H3,(H2,21,22,25,29). The van der Waals surface area contributed by atoms with Gasteiger partial charge in [-0.05, 0) is 71.6 Å². The summed E-state index contributed by atoms with van der Waals surface area (Å²) < 4.78 is 6.44. The molecule has 0 aliphatic carbocycles. The van der Waals surface area contributed by atoms with E-state index in [1.54, 1.807) is 6.07 Å². The van der Waals surface area contributed by atoms with E-state index >= 15 is 0 Å². The number of non-ortho nitro benzene ring substituents is 1. The Balaban J connectivity index is 1.81. The van der Waals surface area contributed by atoms with E-state index in [2.05, 4.69) is 33.2 Å². The van der Waals surface area contributed by atoms with E-state index in [0.717, 1.165) is 14.8 Å². The highest BCUT2D eigenvalue weighted by Gasteiger charge is 2.22. The number of carbonyl (C=O) groups is 1. The van der Waals surface area contributed by atoms with Crippen molar-refractivity contribution in [2.24, 2.45) is 0 Å². The fraction of sp³-hybridized carbons (Fsp3) is 0.263. The van der Waals surface area contributed by atoms with Gasteiger partial charge in [0, 0.05) is 34.5 Å². The smallest absolute Gasteiger partial charge is 0.270 e. The Labute approximate surface area is 186 Å². The maximum Gasteiger partial charge on any atom is 0.270 e. The largest absolute Gasteiger partial charge is 0.378 e. The van der Waals surface area contributed by atoms with Gasteiger partial charge in [-0.2, -0.15) is 0 Å². The number of rotatable bonds is 4. The molecule has 1 aliphatic heterocycles. The first-order valence-electron chi connectivity index (χ1n) is 8.85. The molecular formula is C19H19IN4O4S. The van der Waals surface area contributed by atoms with E-state index < -0.39 is 10.8 Å². The minimum absolute atomic E-state index is 0.124. The second kappa shape index (κ2) is 9.46. The van der Waals surface area contributed by atoms with Crippen molar-refractivity contribution >= 4 is 62.9 Å². The van der Waals surface area contributed by atoms with Crippen LogP contribution in [-0.2, 0) is 4.74 Å². The summed E-state index contributed by atoms with van der Waals surface area (Å²) in [6.07, 6.45) is 0. The maximum atomic E-state index is 12.9. The minimum Gasteiger partial charge on any atom is -0.378 e. The Morgan fingerprint density at radius 2 is 1.97 bits per heavy atom. The van der Waals surface area contributed by atoms with Gasteiger partial charge in [0.2, 0.25) is 0 Å². The summed E-state index contributed by atoms with van der Waals surface area (Å²) in [6, 6.07) is 10.1. The van der Waals surface area contributed by atoms with Crippen LogP contribution >= 0.6 is 34.8 Å². The molecule has 1 aliphatic rings. The molecule has 0 unspecified atom stereocenters. The second-order valence-electron chi connectivity index (χ2n) is 6.43. The summed E-state index contributed by atoms with van der Waals surface area (Å²) in [6.45, 7) is 4.20. The lowest BCUT2D eigenvalue weighted by atomic mass is 10.1. The van der Waals surface area contributed by atoms with Crippen LogP contribution < -0.4 is 15.5 Å².